The molecule has 0 aromatic heterocycles. The van der Waals surface area contributed by atoms with Crippen molar-refractivity contribution in [3.05, 3.63) is 36.9 Å². The Hall–Kier alpha value is -1.18. The van der Waals surface area contributed by atoms with Crippen LogP contribution in [-0.4, -0.2) is 16.0 Å². The predicted octanol–water partition coefficient (Wildman–Crippen LogP) is 2.21. The van der Waals surface area contributed by atoms with Gasteiger partial charge in [-0.3, -0.25) is 10.1 Å². The van der Waals surface area contributed by atoms with E-state index in [1.54, 1.807) is 29.5 Å². The van der Waals surface area contributed by atoms with Gasteiger partial charge < -0.3 is 5.11 Å². The molecule has 1 aromatic rings. The Balaban J connectivity index is 3.49. The van der Waals surface area contributed by atoms with Crippen LogP contribution < -0.4 is 0 Å². The molecule has 0 fully saturated rings. The number of aromatic carboxylic acids is 1. The van der Waals surface area contributed by atoms with Gasteiger partial charge in [0.25, 0.3) is 5.69 Å². The summed E-state index contributed by atoms with van der Waals surface area (Å²) in [7, 11) is 0. The molecule has 0 saturated heterocycles. The maximum atomic E-state index is 10.7. The Kier molecular flexibility index (Phi) is 3.04. The molecular weight excluding hydrogens is 301 g/mol. The first kappa shape index (κ1) is 10.9. The highest BCUT2D eigenvalue weighted by Gasteiger charge is 2.21. The highest BCUT2D eigenvalue weighted by Crippen LogP contribution is 2.27. The predicted molar refractivity (Wildman–Crippen MR) is 57.5 cm³/mol. The van der Waals surface area contributed by atoms with Crippen LogP contribution in [0.25, 0.3) is 0 Å². The Morgan fingerprint density at radius 3 is 2.57 bits per heavy atom. The quantitative estimate of drug-likeness (QED) is 0.516. The molecule has 5 nitrogen and oxygen atoms in total. The molecule has 1 N–H and O–H groups in total. The third-order valence-corrected chi connectivity index (χ3v) is 2.82. The summed E-state index contributed by atoms with van der Waals surface area (Å²) in [5, 5.41) is 19.4. The molecule has 74 valence electrons. The lowest BCUT2D eigenvalue weighted by atomic mass is 10.1. The number of benzene rings is 1. The van der Waals surface area contributed by atoms with Gasteiger partial charge in [-0.15, -0.1) is 0 Å². The van der Waals surface area contributed by atoms with Crippen LogP contribution in [0.5, 0.6) is 0 Å². The molecule has 0 spiro atoms. The summed E-state index contributed by atoms with van der Waals surface area (Å²) in [5.74, 6) is -1.16. The van der Waals surface area contributed by atoms with Crippen LogP contribution in [0, 0.1) is 20.6 Å². The largest absolute Gasteiger partial charge is 0.478 e. The zero-order valence-electron chi connectivity index (χ0n) is 7.15. The second-order valence-electron chi connectivity index (χ2n) is 2.65. The second kappa shape index (κ2) is 3.91. The Morgan fingerprint density at radius 2 is 2.14 bits per heavy atom. The van der Waals surface area contributed by atoms with Crippen LogP contribution in [0.1, 0.15) is 15.9 Å². The average Bonchev–Trinajstić information content (AvgIpc) is 2.02. The first-order valence-corrected chi connectivity index (χ1v) is 4.69. The summed E-state index contributed by atoms with van der Waals surface area (Å²) in [4.78, 5) is 20.7. The first-order valence-electron chi connectivity index (χ1n) is 3.62. The van der Waals surface area contributed by atoms with E-state index < -0.39 is 10.9 Å². The first-order chi connectivity index (χ1) is 6.45. The number of carbonyl (C=O) groups is 1. The summed E-state index contributed by atoms with van der Waals surface area (Å²) in [5.41, 5.74) is 0.290. The highest BCUT2D eigenvalue weighted by atomic mass is 127. The van der Waals surface area contributed by atoms with Crippen LogP contribution in [0.2, 0.25) is 0 Å². The highest BCUT2D eigenvalue weighted by molar-refractivity contribution is 14.1. The molecule has 0 unspecified atom stereocenters. The number of carboxylic acid groups (broad SMARTS) is 1. The summed E-state index contributed by atoms with van der Waals surface area (Å²) < 4.78 is 0.167. The van der Waals surface area contributed by atoms with Crippen LogP contribution in [-0.2, 0) is 0 Å². The summed E-state index contributed by atoms with van der Waals surface area (Å²) in [6.45, 7) is 1.58. The lowest BCUT2D eigenvalue weighted by Crippen LogP contribution is -2.04. The van der Waals surface area contributed by atoms with Crippen LogP contribution in [0.4, 0.5) is 5.69 Å². The second-order valence-corrected chi connectivity index (χ2v) is 3.73. The number of carboxylic acids is 1. The summed E-state index contributed by atoms with van der Waals surface area (Å²) >= 11 is 1.67. The van der Waals surface area contributed by atoms with E-state index >= 15 is 0 Å². The average molecular weight is 307 g/mol. The smallest absolute Gasteiger partial charge is 0.337 e. The number of hydrogen-bond acceptors (Lipinski definition) is 3. The van der Waals surface area contributed by atoms with Gasteiger partial charge in [-0.05, 0) is 35.6 Å². The maximum Gasteiger partial charge on any atom is 0.337 e. The number of hydrogen-bond donors (Lipinski definition) is 1. The monoisotopic (exact) mass is 307 g/mol. The van der Waals surface area contributed by atoms with E-state index in [4.69, 9.17) is 5.11 Å². The van der Waals surface area contributed by atoms with Gasteiger partial charge >= 0.3 is 5.97 Å². The fraction of sp³-hybridized carbons (Fsp3) is 0.125. The van der Waals surface area contributed by atoms with Gasteiger partial charge in [-0.25, -0.2) is 4.79 Å². The van der Waals surface area contributed by atoms with Crippen LogP contribution >= 0.6 is 22.6 Å². The molecule has 1 rings (SSSR count). The third-order valence-electron chi connectivity index (χ3n) is 1.73. The molecule has 0 aliphatic heterocycles. The lowest BCUT2D eigenvalue weighted by molar-refractivity contribution is -0.386. The van der Waals surface area contributed by atoms with Crippen molar-refractivity contribution in [3.63, 3.8) is 0 Å². The normalized spacial score (nSPS) is 9.86. The summed E-state index contributed by atoms with van der Waals surface area (Å²) in [6.07, 6.45) is 0. The van der Waals surface area contributed by atoms with Crippen molar-refractivity contribution in [1.29, 1.82) is 0 Å². The van der Waals surface area contributed by atoms with Crippen molar-refractivity contribution in [2.45, 2.75) is 6.92 Å². The molecule has 0 heterocycles. The van der Waals surface area contributed by atoms with Crippen molar-refractivity contribution < 1.29 is 14.8 Å². The maximum absolute atomic E-state index is 10.7. The molecule has 0 aliphatic rings. The van der Waals surface area contributed by atoms with Crippen molar-refractivity contribution in [2.24, 2.45) is 0 Å². The van der Waals surface area contributed by atoms with Crippen molar-refractivity contribution in [1.82, 2.24) is 0 Å². The molecule has 14 heavy (non-hydrogen) atoms. The molecule has 0 bridgehead atoms. The van der Waals surface area contributed by atoms with Gasteiger partial charge in [-0.1, -0.05) is 6.07 Å². The van der Waals surface area contributed by atoms with E-state index in [1.807, 2.05) is 0 Å². The van der Waals surface area contributed by atoms with Gasteiger partial charge in [0.15, 0.2) is 0 Å². The molecule has 6 heteroatoms. The van der Waals surface area contributed by atoms with Gasteiger partial charge in [-0.2, -0.15) is 0 Å². The van der Waals surface area contributed by atoms with Crippen molar-refractivity contribution in [3.8, 4) is 0 Å². The number of rotatable bonds is 2. The molecular formula is C8H6INO4. The topological polar surface area (TPSA) is 80.4 Å². The van der Waals surface area contributed by atoms with E-state index in [0.717, 1.165) is 0 Å². The number of nitro benzene ring substituents is 1. The molecule has 1 aromatic carbocycles. The van der Waals surface area contributed by atoms with Crippen LogP contribution in [0.3, 0.4) is 0 Å². The Labute approximate surface area is 93.0 Å². The Morgan fingerprint density at radius 1 is 1.57 bits per heavy atom. The SMILES string of the molecule is Cc1ccc(C(=O)O)c(I)c1[N+](=O)[O-]. The third kappa shape index (κ3) is 1.84. The minimum absolute atomic E-state index is 0.0390. The van der Waals surface area contributed by atoms with Crippen molar-refractivity contribution >= 4 is 34.2 Å². The van der Waals surface area contributed by atoms with Gasteiger partial charge in [0.05, 0.1) is 10.5 Å². The van der Waals surface area contributed by atoms with E-state index in [2.05, 4.69) is 0 Å². The van der Waals surface area contributed by atoms with E-state index in [9.17, 15) is 14.9 Å². The molecule has 0 aliphatic carbocycles. The van der Waals surface area contributed by atoms with Crippen molar-refractivity contribution in [2.75, 3.05) is 0 Å². The van der Waals surface area contributed by atoms with E-state index in [0.29, 0.717) is 5.56 Å². The standard InChI is InChI=1S/C8H6INO4/c1-4-2-3-5(8(11)12)6(9)7(4)10(13)14/h2-3H,1H3,(H,11,12). The number of aryl methyl sites for hydroxylation is 1. The lowest BCUT2D eigenvalue weighted by Gasteiger charge is -2.02. The van der Waals surface area contributed by atoms with Gasteiger partial charge in [0, 0.05) is 5.56 Å². The number of nitro groups is 1. The minimum atomic E-state index is -1.16. The van der Waals surface area contributed by atoms with E-state index in [1.165, 1.54) is 12.1 Å². The fourth-order valence-electron chi connectivity index (χ4n) is 1.05. The van der Waals surface area contributed by atoms with Gasteiger partial charge in [0.1, 0.15) is 3.57 Å². The zero-order chi connectivity index (χ0) is 10.9. The zero-order valence-corrected chi connectivity index (χ0v) is 9.31. The fourth-order valence-corrected chi connectivity index (χ4v) is 2.08. The minimum Gasteiger partial charge on any atom is -0.478 e. The van der Waals surface area contributed by atoms with Crippen LogP contribution in [0.15, 0.2) is 12.1 Å². The number of nitrogens with zero attached hydrogens (tertiary/aromatic N) is 1. The van der Waals surface area contributed by atoms with E-state index in [-0.39, 0.29) is 14.8 Å². The van der Waals surface area contributed by atoms with Gasteiger partial charge in [0.2, 0.25) is 0 Å². The summed E-state index contributed by atoms with van der Waals surface area (Å²) in [6, 6.07) is 2.80. The molecule has 0 amide bonds. The molecule has 0 atom stereocenters. The Bertz CT molecular complexity index is 416. The number of halogens is 1. The molecule has 0 saturated carbocycles. The molecule has 0 radical (unpaired) electrons.